The Morgan fingerprint density at radius 3 is 2.13 bits per heavy atom. The fourth-order valence-electron chi connectivity index (χ4n) is 0.693. The predicted octanol–water partition coefficient (Wildman–Crippen LogP) is 0.809. The van der Waals surface area contributed by atoms with Crippen LogP contribution < -0.4 is 0 Å². The zero-order chi connectivity index (χ0) is 11.7. The highest BCUT2D eigenvalue weighted by atomic mass is 16.5. The molecule has 0 saturated heterocycles. The molecule has 0 unspecified atom stereocenters. The number of rotatable bonds is 6. The highest BCUT2D eigenvalue weighted by molar-refractivity contribution is 6.13. The lowest BCUT2D eigenvalue weighted by Crippen LogP contribution is -2.16. The molecule has 5 nitrogen and oxygen atoms in total. The van der Waals surface area contributed by atoms with Crippen LogP contribution in [0, 0.1) is 0 Å². The minimum atomic E-state index is -0.791. The smallest absolute Gasteiger partial charge is 0.348 e. The lowest BCUT2D eigenvalue weighted by Gasteiger charge is -2.03. The van der Waals surface area contributed by atoms with Crippen LogP contribution in [0.1, 0.15) is 6.42 Å². The molecule has 0 N–H and O–H groups in total. The van der Waals surface area contributed by atoms with Gasteiger partial charge in [0.2, 0.25) is 0 Å². The summed E-state index contributed by atoms with van der Waals surface area (Å²) in [4.78, 5) is 22.2. The minimum absolute atomic E-state index is 0.274. The molecule has 0 bridgehead atoms. The molecule has 0 aliphatic carbocycles. The van der Waals surface area contributed by atoms with Crippen molar-refractivity contribution in [2.24, 2.45) is 0 Å². The Kier molecular flexibility index (Phi) is 6.70. The van der Waals surface area contributed by atoms with Crippen molar-refractivity contribution in [3.05, 3.63) is 24.5 Å². The largest absolute Gasteiger partial charge is 0.500 e. The normalized spacial score (nSPS) is 8.67. The van der Waals surface area contributed by atoms with Gasteiger partial charge in [0.1, 0.15) is 6.26 Å². The Morgan fingerprint density at radius 2 is 1.73 bits per heavy atom. The number of methoxy groups -OCH3 is 2. The average molecular weight is 214 g/mol. The molecular weight excluding hydrogens is 200 g/mol. The Bertz CT molecular complexity index is 249. The van der Waals surface area contributed by atoms with Crippen molar-refractivity contribution >= 4 is 11.9 Å². The van der Waals surface area contributed by atoms with Gasteiger partial charge in [0.25, 0.3) is 0 Å². The van der Waals surface area contributed by atoms with Crippen molar-refractivity contribution in [3.63, 3.8) is 0 Å². The highest BCUT2D eigenvalue weighted by Crippen LogP contribution is 2.01. The molecular formula is C10H14O5. The van der Waals surface area contributed by atoms with E-state index in [-0.39, 0.29) is 5.57 Å². The van der Waals surface area contributed by atoms with Crippen LogP contribution in [0.4, 0.5) is 0 Å². The molecule has 0 radical (unpaired) electrons. The maximum atomic E-state index is 11.1. The van der Waals surface area contributed by atoms with Crippen LogP contribution in [0.2, 0.25) is 0 Å². The number of hydrogen-bond acceptors (Lipinski definition) is 5. The van der Waals surface area contributed by atoms with Gasteiger partial charge in [-0.15, -0.1) is 6.58 Å². The van der Waals surface area contributed by atoms with Crippen LogP contribution in [0.5, 0.6) is 0 Å². The first-order chi connectivity index (χ1) is 7.17. The zero-order valence-electron chi connectivity index (χ0n) is 8.82. The molecule has 0 fully saturated rings. The van der Waals surface area contributed by atoms with Crippen molar-refractivity contribution in [2.75, 3.05) is 20.8 Å². The first kappa shape index (κ1) is 13.2. The van der Waals surface area contributed by atoms with Crippen molar-refractivity contribution < 1.29 is 23.8 Å². The molecule has 0 rings (SSSR count). The topological polar surface area (TPSA) is 61.8 Å². The van der Waals surface area contributed by atoms with Crippen LogP contribution in [-0.4, -0.2) is 32.8 Å². The fourth-order valence-corrected chi connectivity index (χ4v) is 0.693. The number of esters is 2. The van der Waals surface area contributed by atoms with Crippen LogP contribution in [0.3, 0.4) is 0 Å². The summed E-state index contributed by atoms with van der Waals surface area (Å²) in [5.41, 5.74) is -0.274. The summed E-state index contributed by atoms with van der Waals surface area (Å²) in [5.74, 6) is -1.58. The Morgan fingerprint density at radius 1 is 1.20 bits per heavy atom. The second kappa shape index (κ2) is 7.61. The molecule has 0 aliphatic rings. The Hall–Kier alpha value is -1.78. The Labute approximate surface area is 88.3 Å². The number of hydrogen-bond donors (Lipinski definition) is 0. The highest BCUT2D eigenvalue weighted by Gasteiger charge is 2.20. The zero-order valence-corrected chi connectivity index (χ0v) is 8.82. The van der Waals surface area contributed by atoms with Gasteiger partial charge >= 0.3 is 11.9 Å². The molecule has 0 aliphatic heterocycles. The van der Waals surface area contributed by atoms with Crippen molar-refractivity contribution in [2.45, 2.75) is 6.42 Å². The molecule has 0 spiro atoms. The van der Waals surface area contributed by atoms with Gasteiger partial charge in [0.05, 0.1) is 20.8 Å². The molecule has 0 saturated carbocycles. The first-order valence-corrected chi connectivity index (χ1v) is 4.26. The van der Waals surface area contributed by atoms with Gasteiger partial charge in [0.15, 0.2) is 5.57 Å². The lowest BCUT2D eigenvalue weighted by molar-refractivity contribution is -0.144. The summed E-state index contributed by atoms with van der Waals surface area (Å²) in [6, 6.07) is 0. The minimum Gasteiger partial charge on any atom is -0.500 e. The van der Waals surface area contributed by atoms with E-state index in [1.165, 1.54) is 14.2 Å². The third-order valence-corrected chi connectivity index (χ3v) is 1.45. The maximum absolute atomic E-state index is 11.1. The second-order valence-electron chi connectivity index (χ2n) is 2.46. The average Bonchev–Trinajstić information content (AvgIpc) is 2.27. The number of carbonyl (C=O) groups excluding carboxylic acids is 2. The van der Waals surface area contributed by atoms with E-state index < -0.39 is 11.9 Å². The van der Waals surface area contributed by atoms with Crippen LogP contribution in [0.15, 0.2) is 24.5 Å². The summed E-state index contributed by atoms with van der Waals surface area (Å²) >= 11 is 0. The van der Waals surface area contributed by atoms with Gasteiger partial charge in [-0.2, -0.15) is 0 Å². The molecule has 0 aromatic rings. The molecule has 0 amide bonds. The monoisotopic (exact) mass is 214 g/mol. The van der Waals surface area contributed by atoms with Crippen LogP contribution >= 0.6 is 0 Å². The second-order valence-corrected chi connectivity index (χ2v) is 2.46. The summed E-state index contributed by atoms with van der Waals surface area (Å²) in [7, 11) is 2.34. The van der Waals surface area contributed by atoms with Gasteiger partial charge in [0, 0.05) is 0 Å². The van der Waals surface area contributed by atoms with E-state index in [4.69, 9.17) is 4.74 Å². The van der Waals surface area contributed by atoms with Crippen molar-refractivity contribution in [3.8, 4) is 0 Å². The molecule has 84 valence electrons. The summed E-state index contributed by atoms with van der Waals surface area (Å²) in [6.45, 7) is 3.83. The molecule has 0 aromatic carbocycles. The Balaban J connectivity index is 4.41. The predicted molar refractivity (Wildman–Crippen MR) is 52.9 cm³/mol. The van der Waals surface area contributed by atoms with Gasteiger partial charge in [-0.25, -0.2) is 9.59 Å². The quantitative estimate of drug-likeness (QED) is 0.124. The van der Waals surface area contributed by atoms with E-state index >= 15 is 0 Å². The van der Waals surface area contributed by atoms with E-state index in [0.29, 0.717) is 13.0 Å². The standard InChI is InChI=1S/C10H14O5/c1-4-5-6-15-7-8(9(11)13-2)10(12)14-3/h4,7H,1,5-6H2,2-3H3. The summed E-state index contributed by atoms with van der Waals surface area (Å²) in [5, 5.41) is 0. The van der Waals surface area contributed by atoms with Gasteiger partial charge in [-0.1, -0.05) is 6.08 Å². The van der Waals surface area contributed by atoms with Crippen LogP contribution in [0.25, 0.3) is 0 Å². The van der Waals surface area contributed by atoms with E-state index in [0.717, 1.165) is 6.26 Å². The number of ether oxygens (including phenoxy) is 3. The molecule has 0 aromatic heterocycles. The third-order valence-electron chi connectivity index (χ3n) is 1.45. The van der Waals surface area contributed by atoms with Crippen molar-refractivity contribution in [1.82, 2.24) is 0 Å². The molecule has 5 heteroatoms. The van der Waals surface area contributed by atoms with E-state index in [2.05, 4.69) is 16.1 Å². The van der Waals surface area contributed by atoms with Crippen LogP contribution in [-0.2, 0) is 23.8 Å². The summed E-state index contributed by atoms with van der Waals surface area (Å²) in [6.07, 6.45) is 3.30. The lowest BCUT2D eigenvalue weighted by atomic mass is 10.3. The summed E-state index contributed by atoms with van der Waals surface area (Å²) < 4.78 is 13.7. The van der Waals surface area contributed by atoms with Crippen molar-refractivity contribution in [1.29, 1.82) is 0 Å². The molecule has 15 heavy (non-hydrogen) atoms. The maximum Gasteiger partial charge on any atom is 0.348 e. The van der Waals surface area contributed by atoms with Gasteiger partial charge in [-0.3, -0.25) is 0 Å². The van der Waals surface area contributed by atoms with E-state index in [1.807, 2.05) is 0 Å². The third kappa shape index (κ3) is 4.85. The van der Waals surface area contributed by atoms with E-state index in [1.54, 1.807) is 6.08 Å². The molecule has 0 atom stereocenters. The van der Waals surface area contributed by atoms with Gasteiger partial charge in [-0.05, 0) is 6.42 Å². The van der Waals surface area contributed by atoms with E-state index in [9.17, 15) is 9.59 Å². The SMILES string of the molecule is C=CCCOC=C(C(=O)OC)C(=O)OC. The molecule has 0 heterocycles. The number of carbonyl (C=O) groups is 2. The fraction of sp³-hybridized carbons (Fsp3) is 0.400. The first-order valence-electron chi connectivity index (χ1n) is 4.26. The van der Waals surface area contributed by atoms with Gasteiger partial charge < -0.3 is 14.2 Å².